The van der Waals surface area contributed by atoms with Crippen molar-refractivity contribution in [2.75, 3.05) is 31.7 Å². The predicted octanol–water partition coefficient (Wildman–Crippen LogP) is 1.92. The van der Waals surface area contributed by atoms with E-state index in [1.165, 1.54) is 0 Å². The third-order valence-corrected chi connectivity index (χ3v) is 2.74. The van der Waals surface area contributed by atoms with E-state index in [-0.39, 0.29) is 5.91 Å². The minimum Gasteiger partial charge on any atom is -0.379 e. The van der Waals surface area contributed by atoms with Gasteiger partial charge >= 0.3 is 0 Å². The van der Waals surface area contributed by atoms with Gasteiger partial charge in [0.25, 0.3) is 0 Å². The van der Waals surface area contributed by atoms with Crippen LogP contribution >= 0.6 is 0 Å². The molecular weight excluding hydrogens is 256 g/mol. The average molecular weight is 280 g/mol. The number of benzene rings is 1. The topological polar surface area (TPSA) is 73.6 Å². The maximum Gasteiger partial charge on any atom is 0.224 e. The summed E-state index contributed by atoms with van der Waals surface area (Å²) < 4.78 is 10.5. The highest BCUT2D eigenvalue weighted by atomic mass is 16.5. The van der Waals surface area contributed by atoms with Crippen LogP contribution in [0.5, 0.6) is 0 Å². The average Bonchev–Trinajstić information content (AvgIpc) is 2.47. The van der Waals surface area contributed by atoms with Crippen molar-refractivity contribution in [3.8, 4) is 0 Å². The molecular formula is C15H24N2O3. The van der Waals surface area contributed by atoms with Crippen molar-refractivity contribution in [3.63, 3.8) is 0 Å². The van der Waals surface area contributed by atoms with Gasteiger partial charge in [-0.25, -0.2) is 0 Å². The fraction of sp³-hybridized carbons (Fsp3) is 0.533. The molecule has 5 heteroatoms. The van der Waals surface area contributed by atoms with Gasteiger partial charge < -0.3 is 20.5 Å². The lowest BCUT2D eigenvalue weighted by molar-refractivity contribution is -0.116. The van der Waals surface area contributed by atoms with Crippen LogP contribution in [0.15, 0.2) is 24.3 Å². The van der Waals surface area contributed by atoms with Gasteiger partial charge in [-0.05, 0) is 31.0 Å². The highest BCUT2D eigenvalue weighted by Gasteiger charge is 2.02. The van der Waals surface area contributed by atoms with E-state index in [2.05, 4.69) is 5.32 Å². The molecule has 1 rings (SSSR count). The van der Waals surface area contributed by atoms with Gasteiger partial charge in [0, 0.05) is 31.9 Å². The normalized spacial score (nSPS) is 10.5. The first-order chi connectivity index (χ1) is 9.76. The standard InChI is InChI=1S/C15H24N2O3/c1-2-19-10-11-20-9-3-4-15(18)17-14-7-5-13(12-16)6-8-14/h5-8H,2-4,9-12,16H2,1H3,(H,17,18). The molecule has 1 aromatic rings. The molecule has 0 aromatic heterocycles. The van der Waals surface area contributed by atoms with Crippen LogP contribution in [0.1, 0.15) is 25.3 Å². The van der Waals surface area contributed by atoms with Gasteiger partial charge in [-0.15, -0.1) is 0 Å². The van der Waals surface area contributed by atoms with Gasteiger partial charge in [0.05, 0.1) is 13.2 Å². The molecule has 20 heavy (non-hydrogen) atoms. The molecule has 0 saturated heterocycles. The van der Waals surface area contributed by atoms with E-state index >= 15 is 0 Å². The molecule has 0 aliphatic rings. The number of hydrogen-bond donors (Lipinski definition) is 2. The lowest BCUT2D eigenvalue weighted by atomic mass is 10.2. The number of ether oxygens (including phenoxy) is 2. The molecule has 3 N–H and O–H groups in total. The highest BCUT2D eigenvalue weighted by Crippen LogP contribution is 2.09. The number of carbonyl (C=O) groups is 1. The van der Waals surface area contributed by atoms with Crippen LogP contribution in [0.2, 0.25) is 0 Å². The van der Waals surface area contributed by atoms with Gasteiger partial charge in [0.15, 0.2) is 0 Å². The first-order valence-corrected chi connectivity index (χ1v) is 7.00. The van der Waals surface area contributed by atoms with E-state index in [1.54, 1.807) is 0 Å². The third kappa shape index (κ3) is 7.23. The lowest BCUT2D eigenvalue weighted by Gasteiger charge is -2.07. The Labute approximate surface area is 120 Å². The van der Waals surface area contributed by atoms with Crippen LogP contribution in [0.4, 0.5) is 5.69 Å². The van der Waals surface area contributed by atoms with Crippen molar-refractivity contribution in [2.24, 2.45) is 5.73 Å². The molecule has 0 unspecified atom stereocenters. The smallest absolute Gasteiger partial charge is 0.224 e. The summed E-state index contributed by atoms with van der Waals surface area (Å²) >= 11 is 0. The Morgan fingerprint density at radius 1 is 1.15 bits per heavy atom. The second-order valence-corrected chi connectivity index (χ2v) is 4.36. The molecule has 0 heterocycles. The highest BCUT2D eigenvalue weighted by molar-refractivity contribution is 5.90. The van der Waals surface area contributed by atoms with Gasteiger partial charge in [0.1, 0.15) is 0 Å². The Balaban J connectivity index is 2.10. The fourth-order valence-electron chi connectivity index (χ4n) is 1.65. The number of rotatable bonds is 10. The molecule has 0 aliphatic heterocycles. The monoisotopic (exact) mass is 280 g/mol. The fourth-order valence-corrected chi connectivity index (χ4v) is 1.65. The molecule has 0 spiro atoms. The molecule has 0 saturated carbocycles. The van der Waals surface area contributed by atoms with Crippen LogP contribution in [-0.4, -0.2) is 32.3 Å². The largest absolute Gasteiger partial charge is 0.379 e. The van der Waals surface area contributed by atoms with Crippen LogP contribution < -0.4 is 11.1 Å². The van der Waals surface area contributed by atoms with Gasteiger partial charge in [-0.3, -0.25) is 4.79 Å². The Kier molecular flexibility index (Phi) is 8.62. The Morgan fingerprint density at radius 3 is 2.50 bits per heavy atom. The van der Waals surface area contributed by atoms with Crippen molar-refractivity contribution < 1.29 is 14.3 Å². The quantitative estimate of drug-likeness (QED) is 0.642. The molecule has 1 amide bonds. The van der Waals surface area contributed by atoms with Crippen LogP contribution in [-0.2, 0) is 20.8 Å². The second kappa shape index (κ2) is 10.4. The first kappa shape index (κ1) is 16.6. The van der Waals surface area contributed by atoms with E-state index in [1.807, 2.05) is 31.2 Å². The van der Waals surface area contributed by atoms with Crippen LogP contribution in [0.25, 0.3) is 0 Å². The zero-order chi connectivity index (χ0) is 14.6. The number of carbonyl (C=O) groups excluding carboxylic acids is 1. The zero-order valence-corrected chi connectivity index (χ0v) is 12.1. The van der Waals surface area contributed by atoms with Crippen molar-refractivity contribution in [1.82, 2.24) is 0 Å². The third-order valence-electron chi connectivity index (χ3n) is 2.74. The number of amides is 1. The molecule has 1 aromatic carbocycles. The molecule has 0 bridgehead atoms. The molecule has 0 atom stereocenters. The van der Waals surface area contributed by atoms with Gasteiger partial charge in [-0.1, -0.05) is 12.1 Å². The van der Waals surface area contributed by atoms with Crippen molar-refractivity contribution in [3.05, 3.63) is 29.8 Å². The molecule has 0 fully saturated rings. The SMILES string of the molecule is CCOCCOCCCC(=O)Nc1ccc(CN)cc1. The molecule has 0 radical (unpaired) electrons. The lowest BCUT2D eigenvalue weighted by Crippen LogP contribution is -2.13. The maximum atomic E-state index is 11.7. The first-order valence-electron chi connectivity index (χ1n) is 7.00. The van der Waals surface area contributed by atoms with E-state index in [9.17, 15) is 4.79 Å². The summed E-state index contributed by atoms with van der Waals surface area (Å²) in [4.78, 5) is 11.7. The molecule has 5 nitrogen and oxygen atoms in total. The maximum absolute atomic E-state index is 11.7. The van der Waals surface area contributed by atoms with Crippen molar-refractivity contribution >= 4 is 11.6 Å². The molecule has 0 aliphatic carbocycles. The summed E-state index contributed by atoms with van der Waals surface area (Å²) in [6, 6.07) is 7.54. The van der Waals surface area contributed by atoms with E-state index in [0.29, 0.717) is 45.8 Å². The number of anilines is 1. The Bertz CT molecular complexity index is 379. The summed E-state index contributed by atoms with van der Waals surface area (Å²) in [7, 11) is 0. The van der Waals surface area contributed by atoms with E-state index in [0.717, 1.165) is 11.3 Å². The number of hydrogen-bond acceptors (Lipinski definition) is 4. The van der Waals surface area contributed by atoms with Gasteiger partial charge in [0.2, 0.25) is 5.91 Å². The van der Waals surface area contributed by atoms with Gasteiger partial charge in [-0.2, -0.15) is 0 Å². The van der Waals surface area contributed by atoms with E-state index < -0.39 is 0 Å². The van der Waals surface area contributed by atoms with Crippen molar-refractivity contribution in [2.45, 2.75) is 26.3 Å². The second-order valence-electron chi connectivity index (χ2n) is 4.36. The summed E-state index contributed by atoms with van der Waals surface area (Å²) in [5, 5.41) is 2.84. The number of nitrogens with one attached hydrogen (secondary N) is 1. The van der Waals surface area contributed by atoms with Crippen LogP contribution in [0.3, 0.4) is 0 Å². The summed E-state index contributed by atoms with van der Waals surface area (Å²) in [5.41, 5.74) is 7.36. The minimum absolute atomic E-state index is 0.00101. The van der Waals surface area contributed by atoms with Crippen LogP contribution in [0, 0.1) is 0 Å². The number of nitrogens with two attached hydrogens (primary N) is 1. The Hall–Kier alpha value is -1.43. The summed E-state index contributed by atoms with van der Waals surface area (Å²) in [5.74, 6) is -0.00101. The molecule has 112 valence electrons. The summed E-state index contributed by atoms with van der Waals surface area (Å²) in [6.45, 7) is 4.92. The Morgan fingerprint density at radius 2 is 1.85 bits per heavy atom. The zero-order valence-electron chi connectivity index (χ0n) is 12.1. The summed E-state index contributed by atoms with van der Waals surface area (Å²) in [6.07, 6.45) is 1.16. The van der Waals surface area contributed by atoms with E-state index in [4.69, 9.17) is 15.2 Å². The van der Waals surface area contributed by atoms with Crippen molar-refractivity contribution in [1.29, 1.82) is 0 Å². The predicted molar refractivity (Wildman–Crippen MR) is 79.5 cm³/mol. The minimum atomic E-state index is -0.00101.